The van der Waals surface area contributed by atoms with Gasteiger partial charge in [0, 0.05) is 31.4 Å². The topological polar surface area (TPSA) is 88.8 Å². The molecule has 2 aromatic heterocycles. The normalized spacial score (nSPS) is 16.8. The number of nitrogens with zero attached hydrogens (tertiary/aromatic N) is 5. The maximum atomic E-state index is 15.2. The third-order valence-electron chi connectivity index (χ3n) is 6.52. The molecule has 1 amide bonds. The molecule has 4 aromatic rings. The van der Waals surface area contributed by atoms with Crippen LogP contribution >= 0.6 is 0 Å². The number of aromatic nitrogens is 5. The van der Waals surface area contributed by atoms with Crippen molar-refractivity contribution in [2.75, 3.05) is 13.1 Å². The number of H-pyrrole nitrogens is 1. The zero-order valence-corrected chi connectivity index (χ0v) is 18.9. The van der Waals surface area contributed by atoms with Gasteiger partial charge in [0.2, 0.25) is 5.91 Å². The van der Waals surface area contributed by atoms with Crippen molar-refractivity contribution in [2.24, 2.45) is 5.92 Å². The lowest BCUT2D eigenvalue weighted by Gasteiger charge is -2.14. The van der Waals surface area contributed by atoms with E-state index in [1.54, 1.807) is 29.1 Å². The number of amides is 1. The van der Waals surface area contributed by atoms with E-state index in [0.29, 0.717) is 24.5 Å². The standard InChI is InChI=1S/C26H23FN6O2/c27-22-15-20(18-4-7-21(8-5-18)32-12-1-11-28-32)6-9-23(22)33-24(29-30-26(33)35)14-17-10-13-31(16-17)25(34)19-2-3-19/h1,4-9,11-12,14-15,19H,2-3,10,13,16H2,(H,30,35)/b17-14+. The Morgan fingerprint density at radius 1 is 1.11 bits per heavy atom. The van der Waals surface area contributed by atoms with Crippen molar-refractivity contribution in [2.45, 2.75) is 19.3 Å². The van der Waals surface area contributed by atoms with Crippen LogP contribution in [0.5, 0.6) is 0 Å². The van der Waals surface area contributed by atoms with E-state index < -0.39 is 11.5 Å². The molecular weight excluding hydrogens is 447 g/mol. The maximum absolute atomic E-state index is 15.2. The van der Waals surface area contributed by atoms with Gasteiger partial charge in [0.25, 0.3) is 0 Å². The van der Waals surface area contributed by atoms with Gasteiger partial charge in [0.05, 0.1) is 11.4 Å². The molecule has 0 bridgehead atoms. The fourth-order valence-corrected chi connectivity index (χ4v) is 4.49. The number of aromatic amines is 1. The Kier molecular flexibility index (Phi) is 5.17. The van der Waals surface area contributed by atoms with E-state index in [0.717, 1.165) is 36.1 Å². The molecule has 1 saturated carbocycles. The van der Waals surface area contributed by atoms with Crippen molar-refractivity contribution in [3.8, 4) is 22.5 Å². The molecule has 0 spiro atoms. The Hall–Kier alpha value is -4.27. The van der Waals surface area contributed by atoms with Crippen molar-refractivity contribution in [3.63, 3.8) is 0 Å². The summed E-state index contributed by atoms with van der Waals surface area (Å²) in [7, 11) is 0. The molecule has 6 rings (SSSR count). The van der Waals surface area contributed by atoms with Crippen LogP contribution in [-0.4, -0.2) is 48.4 Å². The summed E-state index contributed by atoms with van der Waals surface area (Å²) in [6.45, 7) is 1.18. The van der Waals surface area contributed by atoms with Crippen molar-refractivity contribution >= 4 is 12.0 Å². The molecule has 1 saturated heterocycles. The Morgan fingerprint density at radius 3 is 2.63 bits per heavy atom. The summed E-state index contributed by atoms with van der Waals surface area (Å²) in [5.74, 6) is 0.166. The first-order chi connectivity index (χ1) is 17.1. The van der Waals surface area contributed by atoms with Gasteiger partial charge < -0.3 is 4.90 Å². The Labute approximate surface area is 200 Å². The molecule has 2 aliphatic rings. The fourth-order valence-electron chi connectivity index (χ4n) is 4.49. The van der Waals surface area contributed by atoms with E-state index in [2.05, 4.69) is 15.3 Å². The molecule has 8 nitrogen and oxygen atoms in total. The van der Waals surface area contributed by atoms with Gasteiger partial charge in [-0.3, -0.25) is 4.79 Å². The predicted octanol–water partition coefficient (Wildman–Crippen LogP) is 3.58. The molecule has 1 aliphatic carbocycles. The van der Waals surface area contributed by atoms with Crippen LogP contribution < -0.4 is 5.69 Å². The highest BCUT2D eigenvalue weighted by Gasteiger charge is 2.35. The van der Waals surface area contributed by atoms with Crippen LogP contribution in [0.15, 0.2) is 71.3 Å². The quantitative estimate of drug-likeness (QED) is 0.483. The Balaban J connectivity index is 1.26. The number of halogens is 1. The van der Waals surface area contributed by atoms with Gasteiger partial charge in [-0.15, -0.1) is 0 Å². The molecule has 3 heterocycles. The Morgan fingerprint density at radius 2 is 1.91 bits per heavy atom. The SMILES string of the molecule is O=C(C1CC1)N1CC/C(=C\c2n[nH]c(=O)n2-c2ccc(-c3ccc(-n4cccn4)cc3)cc2F)C1. The van der Waals surface area contributed by atoms with E-state index in [1.807, 2.05) is 41.4 Å². The molecule has 1 N–H and O–H groups in total. The van der Waals surface area contributed by atoms with E-state index in [1.165, 1.54) is 10.6 Å². The van der Waals surface area contributed by atoms with Crippen molar-refractivity contribution < 1.29 is 9.18 Å². The molecule has 2 fully saturated rings. The number of hydrogen-bond acceptors (Lipinski definition) is 4. The minimum atomic E-state index is -0.529. The van der Waals surface area contributed by atoms with Crippen LogP contribution in [-0.2, 0) is 4.79 Å². The molecule has 0 radical (unpaired) electrons. The number of carbonyl (C=O) groups is 1. The molecule has 35 heavy (non-hydrogen) atoms. The van der Waals surface area contributed by atoms with Gasteiger partial charge in [0.15, 0.2) is 5.82 Å². The van der Waals surface area contributed by atoms with Crippen LogP contribution in [0.3, 0.4) is 0 Å². The lowest BCUT2D eigenvalue weighted by atomic mass is 10.0. The van der Waals surface area contributed by atoms with Crippen LogP contribution in [0, 0.1) is 11.7 Å². The minimum Gasteiger partial charge on any atom is -0.338 e. The second-order valence-corrected chi connectivity index (χ2v) is 8.97. The van der Waals surface area contributed by atoms with Gasteiger partial charge in [-0.1, -0.05) is 18.2 Å². The van der Waals surface area contributed by atoms with Crippen molar-refractivity contribution in [1.82, 2.24) is 29.4 Å². The molecular formula is C26H23FN6O2. The highest BCUT2D eigenvalue weighted by atomic mass is 19.1. The summed E-state index contributed by atoms with van der Waals surface area (Å²) in [5.41, 5.74) is 3.04. The molecule has 2 aromatic carbocycles. The van der Waals surface area contributed by atoms with Gasteiger partial charge in [-0.2, -0.15) is 10.2 Å². The summed E-state index contributed by atoms with van der Waals surface area (Å²) in [6, 6.07) is 14.3. The van der Waals surface area contributed by atoms with E-state index in [4.69, 9.17) is 0 Å². The zero-order chi connectivity index (χ0) is 23.9. The van der Waals surface area contributed by atoms with Crippen molar-refractivity contribution in [3.05, 3.63) is 88.6 Å². The van der Waals surface area contributed by atoms with Gasteiger partial charge in [-0.25, -0.2) is 23.5 Å². The lowest BCUT2D eigenvalue weighted by Crippen LogP contribution is -2.29. The fraction of sp³-hybridized carbons (Fsp3) is 0.231. The van der Waals surface area contributed by atoms with Crippen LogP contribution in [0.1, 0.15) is 25.1 Å². The van der Waals surface area contributed by atoms with Crippen LogP contribution in [0.25, 0.3) is 28.6 Å². The molecule has 1 aliphatic heterocycles. The second kappa shape index (κ2) is 8.50. The minimum absolute atomic E-state index is 0.122. The number of nitrogens with one attached hydrogen (secondary N) is 1. The predicted molar refractivity (Wildman–Crippen MR) is 129 cm³/mol. The van der Waals surface area contributed by atoms with E-state index >= 15 is 4.39 Å². The summed E-state index contributed by atoms with van der Waals surface area (Å²) < 4.78 is 18.2. The number of carbonyl (C=O) groups excluding carboxylic acids is 1. The number of rotatable bonds is 5. The first kappa shape index (κ1) is 21.3. The third-order valence-corrected chi connectivity index (χ3v) is 6.52. The summed E-state index contributed by atoms with van der Waals surface area (Å²) in [4.78, 5) is 26.7. The highest BCUT2D eigenvalue weighted by Crippen LogP contribution is 2.33. The molecule has 0 atom stereocenters. The second-order valence-electron chi connectivity index (χ2n) is 8.97. The lowest BCUT2D eigenvalue weighted by molar-refractivity contribution is -0.131. The summed E-state index contributed by atoms with van der Waals surface area (Å²) in [6.07, 6.45) is 8.00. The van der Waals surface area contributed by atoms with Gasteiger partial charge in [0.1, 0.15) is 5.82 Å². The summed E-state index contributed by atoms with van der Waals surface area (Å²) >= 11 is 0. The average molecular weight is 471 g/mol. The summed E-state index contributed by atoms with van der Waals surface area (Å²) in [5, 5.41) is 10.7. The molecule has 176 valence electrons. The third kappa shape index (κ3) is 4.09. The number of likely N-dealkylation sites (tertiary alicyclic amines) is 1. The molecule has 0 unspecified atom stereocenters. The van der Waals surface area contributed by atoms with Gasteiger partial charge >= 0.3 is 5.69 Å². The Bertz CT molecular complexity index is 1480. The van der Waals surface area contributed by atoms with Crippen molar-refractivity contribution in [1.29, 1.82) is 0 Å². The largest absolute Gasteiger partial charge is 0.348 e. The first-order valence-electron chi connectivity index (χ1n) is 11.6. The monoisotopic (exact) mass is 470 g/mol. The van der Waals surface area contributed by atoms with E-state index in [-0.39, 0.29) is 17.5 Å². The van der Waals surface area contributed by atoms with Crippen LogP contribution in [0.2, 0.25) is 0 Å². The van der Waals surface area contributed by atoms with Crippen LogP contribution in [0.4, 0.5) is 4.39 Å². The smallest absolute Gasteiger partial charge is 0.338 e. The average Bonchev–Trinajstić information content (AvgIpc) is 3.22. The highest BCUT2D eigenvalue weighted by molar-refractivity contribution is 5.82. The van der Waals surface area contributed by atoms with E-state index in [9.17, 15) is 9.59 Å². The van der Waals surface area contributed by atoms with Gasteiger partial charge in [-0.05, 0) is 72.4 Å². The molecule has 9 heteroatoms. The first-order valence-corrected chi connectivity index (χ1v) is 11.6. The zero-order valence-electron chi connectivity index (χ0n) is 18.9. The number of benzene rings is 2. The number of hydrogen-bond donors (Lipinski definition) is 1. The maximum Gasteiger partial charge on any atom is 0.348 e.